The van der Waals surface area contributed by atoms with Crippen LogP contribution in [0, 0.1) is 0 Å². The number of aliphatic hydroxyl groups excluding tert-OH is 1. The second-order valence-electron chi connectivity index (χ2n) is 7.64. The van der Waals surface area contributed by atoms with Crippen molar-refractivity contribution in [3.63, 3.8) is 0 Å². The van der Waals surface area contributed by atoms with Crippen LogP contribution >= 0.6 is 0 Å². The van der Waals surface area contributed by atoms with Crippen molar-refractivity contribution in [3.8, 4) is 22.9 Å². The van der Waals surface area contributed by atoms with Gasteiger partial charge < -0.3 is 29.2 Å². The number of amides is 1. The zero-order valence-electron chi connectivity index (χ0n) is 17.8. The van der Waals surface area contributed by atoms with Crippen LogP contribution in [0.5, 0.6) is 11.5 Å². The standard InChI is InChI=1S/C20H18F2N6O6/c1-9(24-18-23-6-5-15(25-18)28-12(10(2)29)8-31-19(28)30)17-26-16(27-34-17)11-3-4-13-14(7-11)33-20(21,22)32-13/h3-7,9-10,12,29H,8H2,1-2H3,(H,23,24,25)/t9-,10-,12-/m1/s1. The predicted molar refractivity (Wildman–Crippen MR) is 109 cm³/mol. The Morgan fingerprint density at radius 3 is 2.79 bits per heavy atom. The molecule has 0 bridgehead atoms. The summed E-state index contributed by atoms with van der Waals surface area (Å²) in [6.45, 7) is 3.32. The monoisotopic (exact) mass is 476 g/mol. The molecule has 12 nitrogen and oxygen atoms in total. The Hall–Kier alpha value is -4.07. The van der Waals surface area contributed by atoms with Gasteiger partial charge in [-0.3, -0.25) is 4.90 Å². The van der Waals surface area contributed by atoms with Crippen molar-refractivity contribution in [2.75, 3.05) is 16.8 Å². The van der Waals surface area contributed by atoms with E-state index in [4.69, 9.17) is 9.26 Å². The number of hydrogen-bond donors (Lipinski definition) is 2. The number of aliphatic hydroxyl groups is 1. The predicted octanol–water partition coefficient (Wildman–Crippen LogP) is 2.73. The molecule has 0 spiro atoms. The van der Waals surface area contributed by atoms with Crippen molar-refractivity contribution in [2.24, 2.45) is 0 Å². The highest BCUT2D eigenvalue weighted by Crippen LogP contribution is 2.42. The normalized spacial score (nSPS) is 20.2. The van der Waals surface area contributed by atoms with Gasteiger partial charge in [0.2, 0.25) is 17.7 Å². The minimum Gasteiger partial charge on any atom is -0.447 e. The van der Waals surface area contributed by atoms with E-state index < -0.39 is 30.6 Å². The number of nitrogens with one attached hydrogen (secondary N) is 1. The maximum Gasteiger partial charge on any atom is 0.586 e. The van der Waals surface area contributed by atoms with Crippen molar-refractivity contribution in [2.45, 2.75) is 38.3 Å². The number of carbonyl (C=O) groups excluding carboxylic acids is 1. The molecule has 3 aromatic rings. The number of rotatable bonds is 6. The molecule has 0 saturated carbocycles. The molecule has 0 unspecified atom stereocenters. The van der Waals surface area contributed by atoms with Gasteiger partial charge in [-0.15, -0.1) is 8.78 Å². The van der Waals surface area contributed by atoms with Gasteiger partial charge in [0.25, 0.3) is 0 Å². The van der Waals surface area contributed by atoms with Gasteiger partial charge in [-0.05, 0) is 38.1 Å². The van der Waals surface area contributed by atoms with Crippen LogP contribution in [0.3, 0.4) is 0 Å². The molecule has 2 N–H and O–H groups in total. The quantitative estimate of drug-likeness (QED) is 0.542. The van der Waals surface area contributed by atoms with Gasteiger partial charge in [0, 0.05) is 11.8 Å². The largest absolute Gasteiger partial charge is 0.586 e. The van der Waals surface area contributed by atoms with Crippen LogP contribution in [0.25, 0.3) is 11.4 Å². The van der Waals surface area contributed by atoms with Gasteiger partial charge in [-0.1, -0.05) is 5.16 Å². The second kappa shape index (κ2) is 8.06. The number of alkyl halides is 2. The molecule has 2 aliphatic rings. The number of halogens is 2. The molecule has 178 valence electrons. The zero-order valence-corrected chi connectivity index (χ0v) is 17.8. The summed E-state index contributed by atoms with van der Waals surface area (Å²) < 4.78 is 45.6. The van der Waals surface area contributed by atoms with E-state index in [1.165, 1.54) is 35.4 Å². The number of benzene rings is 1. The molecule has 3 atom stereocenters. The summed E-state index contributed by atoms with van der Waals surface area (Å²) in [5.74, 6) is 0.514. The molecular weight excluding hydrogens is 458 g/mol. The molecule has 2 aromatic heterocycles. The molecule has 0 aliphatic carbocycles. The highest BCUT2D eigenvalue weighted by atomic mass is 19.3. The number of carbonyl (C=O) groups is 1. The second-order valence-corrected chi connectivity index (χ2v) is 7.64. The Morgan fingerprint density at radius 1 is 1.21 bits per heavy atom. The fraction of sp³-hybridized carbons (Fsp3) is 0.350. The highest BCUT2D eigenvalue weighted by molar-refractivity contribution is 5.89. The van der Waals surface area contributed by atoms with Gasteiger partial charge in [0.15, 0.2) is 11.5 Å². The van der Waals surface area contributed by atoms with Crippen LogP contribution in [-0.2, 0) is 4.74 Å². The maximum absolute atomic E-state index is 13.2. The molecule has 1 saturated heterocycles. The first-order valence-electron chi connectivity index (χ1n) is 10.2. The summed E-state index contributed by atoms with van der Waals surface area (Å²) >= 11 is 0. The van der Waals surface area contributed by atoms with E-state index in [1.807, 2.05) is 0 Å². The van der Waals surface area contributed by atoms with Gasteiger partial charge >= 0.3 is 12.4 Å². The lowest BCUT2D eigenvalue weighted by atomic mass is 10.2. The number of cyclic esters (lactones) is 1. The minimum absolute atomic E-state index is 0.0436. The van der Waals surface area contributed by atoms with E-state index in [0.717, 1.165) is 0 Å². The average molecular weight is 476 g/mol. The maximum atomic E-state index is 13.2. The first-order valence-corrected chi connectivity index (χ1v) is 10.2. The summed E-state index contributed by atoms with van der Waals surface area (Å²) in [7, 11) is 0. The van der Waals surface area contributed by atoms with E-state index in [9.17, 15) is 18.7 Å². The first kappa shape index (κ1) is 21.8. The van der Waals surface area contributed by atoms with Gasteiger partial charge in [-0.25, -0.2) is 9.78 Å². The van der Waals surface area contributed by atoms with Gasteiger partial charge in [-0.2, -0.15) is 9.97 Å². The lowest BCUT2D eigenvalue weighted by Gasteiger charge is -2.22. The molecule has 1 fully saturated rings. The van der Waals surface area contributed by atoms with E-state index in [0.29, 0.717) is 5.56 Å². The Labute approximate surface area is 190 Å². The molecule has 4 heterocycles. The van der Waals surface area contributed by atoms with E-state index in [2.05, 4.69) is 34.9 Å². The fourth-order valence-corrected chi connectivity index (χ4v) is 3.48. The molecule has 14 heteroatoms. The van der Waals surface area contributed by atoms with Crippen molar-refractivity contribution < 1.29 is 37.4 Å². The summed E-state index contributed by atoms with van der Waals surface area (Å²) in [6, 6.07) is 4.54. The van der Waals surface area contributed by atoms with Crippen LogP contribution < -0.4 is 19.7 Å². The van der Waals surface area contributed by atoms with E-state index >= 15 is 0 Å². The van der Waals surface area contributed by atoms with Crippen LogP contribution in [0.4, 0.5) is 25.3 Å². The summed E-state index contributed by atoms with van der Waals surface area (Å²) in [4.78, 5) is 26.1. The lowest BCUT2D eigenvalue weighted by Crippen LogP contribution is -2.41. The summed E-state index contributed by atoms with van der Waals surface area (Å²) in [6.07, 6.45) is -3.72. The molecule has 1 aromatic carbocycles. The lowest BCUT2D eigenvalue weighted by molar-refractivity contribution is -0.286. The molecule has 0 radical (unpaired) electrons. The van der Waals surface area contributed by atoms with Crippen LogP contribution in [-0.4, -0.2) is 56.4 Å². The number of anilines is 2. The zero-order chi connectivity index (χ0) is 24.0. The number of ether oxygens (including phenoxy) is 3. The van der Waals surface area contributed by atoms with Crippen LogP contribution in [0.15, 0.2) is 35.0 Å². The van der Waals surface area contributed by atoms with Crippen molar-refractivity contribution in [3.05, 3.63) is 36.4 Å². The first-order chi connectivity index (χ1) is 16.2. The van der Waals surface area contributed by atoms with Crippen LogP contribution in [0.1, 0.15) is 25.8 Å². The molecule has 2 aliphatic heterocycles. The van der Waals surface area contributed by atoms with E-state index in [1.54, 1.807) is 13.8 Å². The topological polar surface area (TPSA) is 145 Å². The Kier molecular flexibility index (Phi) is 5.16. The van der Waals surface area contributed by atoms with Crippen molar-refractivity contribution in [1.82, 2.24) is 20.1 Å². The van der Waals surface area contributed by atoms with E-state index in [-0.39, 0.29) is 41.6 Å². The minimum atomic E-state index is -3.72. The van der Waals surface area contributed by atoms with Crippen molar-refractivity contribution >= 4 is 17.9 Å². The Morgan fingerprint density at radius 2 is 2.00 bits per heavy atom. The summed E-state index contributed by atoms with van der Waals surface area (Å²) in [5, 5.41) is 16.8. The van der Waals surface area contributed by atoms with Gasteiger partial charge in [0.1, 0.15) is 24.5 Å². The Balaban J connectivity index is 1.32. The van der Waals surface area contributed by atoms with Crippen LogP contribution in [0.2, 0.25) is 0 Å². The smallest absolute Gasteiger partial charge is 0.447 e. The fourth-order valence-electron chi connectivity index (χ4n) is 3.48. The average Bonchev–Trinajstić information content (AvgIpc) is 3.48. The Bertz CT molecular complexity index is 1240. The molecular formula is C20H18F2N6O6. The third-order valence-electron chi connectivity index (χ3n) is 5.17. The molecule has 5 rings (SSSR count). The third kappa shape index (κ3) is 4.03. The molecule has 1 amide bonds. The van der Waals surface area contributed by atoms with Gasteiger partial charge in [0.05, 0.1) is 6.10 Å². The number of hydrogen-bond acceptors (Lipinski definition) is 11. The number of aromatic nitrogens is 4. The molecule has 34 heavy (non-hydrogen) atoms. The third-order valence-corrected chi connectivity index (χ3v) is 5.17. The number of fused-ring (bicyclic) bond motifs is 1. The number of nitrogens with zero attached hydrogens (tertiary/aromatic N) is 5. The van der Waals surface area contributed by atoms with Crippen molar-refractivity contribution in [1.29, 1.82) is 0 Å². The summed E-state index contributed by atoms with van der Waals surface area (Å²) in [5.41, 5.74) is 0.386. The highest BCUT2D eigenvalue weighted by Gasteiger charge is 2.43. The SMILES string of the molecule is C[C@@H](Nc1nccc(N2C(=O)OC[C@@H]2[C@@H](C)O)n1)c1nc(-c2ccc3c(c2)OC(F)(F)O3)no1.